The van der Waals surface area contributed by atoms with Gasteiger partial charge in [-0.05, 0) is 86.3 Å². The Balaban J connectivity index is 0.00000461. The Morgan fingerprint density at radius 2 is 1.73 bits per heavy atom. The number of likely N-dealkylation sites (N-methyl/N-ethyl adjacent to an activating group) is 1. The molecule has 1 aliphatic rings. The minimum atomic E-state index is -1.08. The second-order valence-corrected chi connectivity index (χ2v) is 11.5. The molecule has 232 valence electrons. The van der Waals surface area contributed by atoms with E-state index in [2.05, 4.69) is 32.6 Å². The SMILES string of the molecule is CN[C@@H](C)C(=O)N[C@@H]1C(=O)N(Cc2c(OC)ccc3cc(Br)ccc23)c2ccccc2N(C(=O)c2ccc(C#N)cc2)[C@H]1C.Cl. The van der Waals surface area contributed by atoms with Crippen LogP contribution in [0.15, 0.2) is 83.3 Å². The quantitative estimate of drug-likeness (QED) is 0.262. The van der Waals surface area contributed by atoms with E-state index >= 15 is 0 Å². The Morgan fingerprint density at radius 3 is 2.38 bits per heavy atom. The number of hydrogen-bond donors (Lipinski definition) is 2. The standard InChI is InChI=1S/C34H32BrN5O4.ClH/c1-20(37-3)32(41)38-31-21(2)40(33(42)23-11-9-22(18-36)10-12-23)29-8-6-5-7-28(29)39(34(31)43)19-27-26-15-14-25(35)17-24(26)13-16-30(27)44-4;/h5-17,20-21,31,37H,19H2,1-4H3,(H,38,41);1H/t20-,21-,31-;/m0./s1. The summed E-state index contributed by atoms with van der Waals surface area (Å²) in [6.45, 7) is 3.58. The van der Waals surface area contributed by atoms with Gasteiger partial charge in [0.2, 0.25) is 5.91 Å². The second kappa shape index (κ2) is 14.1. The molecular formula is C34H33BrClN5O4. The van der Waals surface area contributed by atoms with E-state index in [1.807, 2.05) is 42.5 Å². The Kier molecular flexibility index (Phi) is 10.5. The summed E-state index contributed by atoms with van der Waals surface area (Å²) in [4.78, 5) is 45.2. The predicted molar refractivity (Wildman–Crippen MR) is 181 cm³/mol. The highest BCUT2D eigenvalue weighted by Gasteiger charge is 2.43. The van der Waals surface area contributed by atoms with Crippen LogP contribution < -0.4 is 25.2 Å². The summed E-state index contributed by atoms with van der Waals surface area (Å²) in [7, 11) is 3.25. The van der Waals surface area contributed by atoms with Gasteiger partial charge in [0, 0.05) is 15.6 Å². The number of fused-ring (bicyclic) bond motifs is 2. The second-order valence-electron chi connectivity index (χ2n) is 10.6. The van der Waals surface area contributed by atoms with Crippen LogP contribution in [0.2, 0.25) is 0 Å². The van der Waals surface area contributed by atoms with Crippen LogP contribution in [0.5, 0.6) is 5.75 Å². The molecule has 4 aromatic carbocycles. The van der Waals surface area contributed by atoms with Gasteiger partial charge in [-0.15, -0.1) is 12.4 Å². The summed E-state index contributed by atoms with van der Waals surface area (Å²) in [6, 6.07) is 23.0. The van der Waals surface area contributed by atoms with E-state index in [0.717, 1.165) is 20.8 Å². The zero-order valence-corrected chi connectivity index (χ0v) is 27.6. The fourth-order valence-corrected chi connectivity index (χ4v) is 5.87. The van der Waals surface area contributed by atoms with Crippen LogP contribution in [-0.2, 0) is 16.1 Å². The maximum absolute atomic E-state index is 14.6. The number of hydrogen-bond acceptors (Lipinski definition) is 6. The molecule has 3 atom stereocenters. The van der Waals surface area contributed by atoms with Crippen molar-refractivity contribution in [2.75, 3.05) is 24.0 Å². The van der Waals surface area contributed by atoms with Crippen LogP contribution in [0.3, 0.4) is 0 Å². The third-order valence-electron chi connectivity index (χ3n) is 8.04. The highest BCUT2D eigenvalue weighted by molar-refractivity contribution is 9.10. The molecule has 0 bridgehead atoms. The molecule has 11 heteroatoms. The molecule has 45 heavy (non-hydrogen) atoms. The van der Waals surface area contributed by atoms with E-state index in [-0.39, 0.29) is 36.7 Å². The van der Waals surface area contributed by atoms with Gasteiger partial charge in [-0.25, -0.2) is 0 Å². The molecule has 4 aromatic rings. The topological polar surface area (TPSA) is 115 Å². The molecule has 2 N–H and O–H groups in total. The summed E-state index contributed by atoms with van der Waals surface area (Å²) in [6.07, 6.45) is 0. The van der Waals surface area contributed by atoms with E-state index in [4.69, 9.17) is 4.74 Å². The number of para-hydroxylation sites is 2. The Morgan fingerprint density at radius 1 is 1.04 bits per heavy atom. The van der Waals surface area contributed by atoms with Crippen LogP contribution >= 0.6 is 28.3 Å². The van der Waals surface area contributed by atoms with Crippen molar-refractivity contribution >= 4 is 68.2 Å². The summed E-state index contributed by atoms with van der Waals surface area (Å²) in [5, 5.41) is 17.0. The number of carbonyl (C=O) groups is 3. The van der Waals surface area contributed by atoms with Gasteiger partial charge in [-0.3, -0.25) is 14.4 Å². The molecule has 0 spiro atoms. The number of benzene rings is 4. The Hall–Kier alpha value is -4.43. The van der Waals surface area contributed by atoms with E-state index in [1.165, 1.54) is 0 Å². The average Bonchev–Trinajstić information content (AvgIpc) is 3.12. The molecule has 3 amide bonds. The number of nitrogens with zero attached hydrogens (tertiary/aromatic N) is 3. The van der Waals surface area contributed by atoms with Gasteiger partial charge in [-0.2, -0.15) is 5.26 Å². The van der Waals surface area contributed by atoms with Crippen molar-refractivity contribution < 1.29 is 19.1 Å². The molecule has 0 unspecified atom stereocenters. The van der Waals surface area contributed by atoms with Crippen molar-refractivity contribution in [2.24, 2.45) is 0 Å². The number of amides is 3. The third kappa shape index (κ3) is 6.52. The highest BCUT2D eigenvalue weighted by atomic mass is 79.9. The molecule has 9 nitrogen and oxygen atoms in total. The minimum absolute atomic E-state index is 0. The summed E-state index contributed by atoms with van der Waals surface area (Å²) < 4.78 is 6.68. The van der Waals surface area contributed by atoms with Gasteiger partial charge in [-0.1, -0.05) is 40.2 Å². The van der Waals surface area contributed by atoms with E-state index in [9.17, 15) is 19.6 Å². The van der Waals surface area contributed by atoms with Crippen LogP contribution in [0.4, 0.5) is 11.4 Å². The molecule has 1 heterocycles. The summed E-state index contributed by atoms with van der Waals surface area (Å²) in [5.74, 6) is -0.496. The number of nitriles is 1. The van der Waals surface area contributed by atoms with E-state index in [1.54, 1.807) is 74.2 Å². The molecule has 5 rings (SSSR count). The average molecular weight is 691 g/mol. The number of rotatable bonds is 7. The molecular weight excluding hydrogens is 658 g/mol. The number of nitrogens with one attached hydrogen (secondary N) is 2. The minimum Gasteiger partial charge on any atom is -0.496 e. The van der Waals surface area contributed by atoms with Gasteiger partial charge in [0.15, 0.2) is 0 Å². The van der Waals surface area contributed by atoms with Crippen LogP contribution in [0, 0.1) is 11.3 Å². The summed E-state index contributed by atoms with van der Waals surface area (Å²) >= 11 is 3.54. The van der Waals surface area contributed by atoms with Gasteiger partial charge in [0.05, 0.1) is 48.7 Å². The molecule has 0 fully saturated rings. The number of carbonyl (C=O) groups excluding carboxylic acids is 3. The van der Waals surface area contributed by atoms with E-state index in [0.29, 0.717) is 28.3 Å². The maximum Gasteiger partial charge on any atom is 0.258 e. The Bertz CT molecular complexity index is 1790. The smallest absolute Gasteiger partial charge is 0.258 e. The zero-order chi connectivity index (χ0) is 31.5. The zero-order valence-electron chi connectivity index (χ0n) is 25.2. The monoisotopic (exact) mass is 689 g/mol. The lowest BCUT2D eigenvalue weighted by Crippen LogP contribution is -2.59. The number of anilines is 2. The lowest BCUT2D eigenvalue weighted by molar-refractivity contribution is -0.128. The largest absolute Gasteiger partial charge is 0.496 e. The van der Waals surface area contributed by atoms with Crippen molar-refractivity contribution in [3.8, 4) is 11.8 Å². The first kappa shape index (κ1) is 33.5. The summed E-state index contributed by atoms with van der Waals surface area (Å²) in [5.41, 5.74) is 2.59. The van der Waals surface area contributed by atoms with Crippen molar-refractivity contribution in [1.29, 1.82) is 5.26 Å². The van der Waals surface area contributed by atoms with Crippen molar-refractivity contribution in [3.63, 3.8) is 0 Å². The van der Waals surface area contributed by atoms with Crippen LogP contribution in [-0.4, -0.2) is 50.0 Å². The van der Waals surface area contributed by atoms with Gasteiger partial charge >= 0.3 is 0 Å². The first-order valence-electron chi connectivity index (χ1n) is 14.1. The van der Waals surface area contributed by atoms with Crippen molar-refractivity contribution in [2.45, 2.75) is 38.5 Å². The predicted octanol–water partition coefficient (Wildman–Crippen LogP) is 5.58. The number of methoxy groups -OCH3 is 1. The molecule has 0 saturated carbocycles. The van der Waals surface area contributed by atoms with Crippen LogP contribution in [0.25, 0.3) is 10.8 Å². The molecule has 0 aromatic heterocycles. The molecule has 0 radical (unpaired) electrons. The first-order chi connectivity index (χ1) is 21.2. The first-order valence-corrected chi connectivity index (χ1v) is 14.9. The molecule has 1 aliphatic heterocycles. The molecule has 0 aliphatic carbocycles. The normalized spacial score (nSPS) is 16.6. The lowest BCUT2D eigenvalue weighted by Gasteiger charge is -2.32. The van der Waals surface area contributed by atoms with Gasteiger partial charge in [0.1, 0.15) is 11.8 Å². The van der Waals surface area contributed by atoms with Gasteiger partial charge < -0.3 is 25.2 Å². The third-order valence-corrected chi connectivity index (χ3v) is 8.54. The fraction of sp³-hybridized carbons (Fsp3) is 0.235. The highest BCUT2D eigenvalue weighted by Crippen LogP contribution is 2.39. The number of ether oxygens (including phenoxy) is 1. The van der Waals surface area contributed by atoms with E-state index < -0.39 is 18.1 Å². The number of halogens is 2. The van der Waals surface area contributed by atoms with Gasteiger partial charge in [0.25, 0.3) is 11.8 Å². The van der Waals surface area contributed by atoms with Crippen molar-refractivity contribution in [1.82, 2.24) is 10.6 Å². The fourth-order valence-electron chi connectivity index (χ4n) is 5.49. The Labute approximate surface area is 276 Å². The maximum atomic E-state index is 14.6. The van der Waals surface area contributed by atoms with Crippen LogP contribution in [0.1, 0.15) is 35.3 Å². The van der Waals surface area contributed by atoms with Crippen molar-refractivity contribution in [3.05, 3.63) is 100 Å². The lowest BCUT2D eigenvalue weighted by atomic mass is 10.0. The molecule has 0 saturated heterocycles.